The molecule has 0 fully saturated rings. The topological polar surface area (TPSA) is 67.8 Å². The Labute approximate surface area is 133 Å². The molecular weight excluding hydrogens is 294 g/mol. The number of amides is 1. The maximum absolute atomic E-state index is 11.0. The van der Waals surface area contributed by atoms with Crippen LogP contribution in [0.1, 0.15) is 35.6 Å². The molecule has 5 nitrogen and oxygen atoms in total. The van der Waals surface area contributed by atoms with Crippen molar-refractivity contribution < 1.29 is 19.7 Å². The van der Waals surface area contributed by atoms with Gasteiger partial charge in [-0.3, -0.25) is 0 Å². The number of rotatable bonds is 2. The molecule has 1 atom stereocenters. The third-order valence-corrected chi connectivity index (χ3v) is 4.51. The van der Waals surface area contributed by atoms with Crippen LogP contribution in [0.2, 0.25) is 0 Å². The molecule has 1 aliphatic heterocycles. The van der Waals surface area contributed by atoms with E-state index in [2.05, 4.69) is 29.6 Å². The van der Waals surface area contributed by atoms with E-state index in [-0.39, 0.29) is 6.04 Å². The first-order chi connectivity index (χ1) is 11.2. The van der Waals surface area contributed by atoms with Gasteiger partial charge in [-0.2, -0.15) is 4.89 Å². The molecule has 1 amide bonds. The lowest BCUT2D eigenvalue weighted by molar-refractivity contribution is -0.194. The van der Waals surface area contributed by atoms with Crippen LogP contribution in [0.25, 0.3) is 11.1 Å². The maximum Gasteiger partial charge on any atom is 0.405 e. The number of carbonyl (C=O) groups is 1. The zero-order valence-corrected chi connectivity index (χ0v) is 12.5. The molecule has 2 aliphatic rings. The van der Waals surface area contributed by atoms with Gasteiger partial charge in [-0.05, 0) is 59.7 Å². The van der Waals surface area contributed by atoms with Gasteiger partial charge in [0.1, 0.15) is 6.61 Å². The van der Waals surface area contributed by atoms with E-state index in [9.17, 15) is 4.79 Å². The van der Waals surface area contributed by atoms with Gasteiger partial charge in [0.15, 0.2) is 5.75 Å². The van der Waals surface area contributed by atoms with Crippen molar-refractivity contribution in [3.05, 3.63) is 53.1 Å². The number of nitrogens with one attached hydrogen (secondary N) is 1. The molecule has 2 aromatic rings. The van der Waals surface area contributed by atoms with Crippen molar-refractivity contribution >= 4 is 6.09 Å². The average molecular weight is 311 g/mol. The number of benzene rings is 2. The van der Waals surface area contributed by atoms with E-state index in [0.29, 0.717) is 6.61 Å². The Kier molecular flexibility index (Phi) is 3.42. The van der Waals surface area contributed by atoms with Gasteiger partial charge in [0, 0.05) is 5.56 Å². The fourth-order valence-corrected chi connectivity index (χ4v) is 3.39. The van der Waals surface area contributed by atoms with Crippen LogP contribution in [0.5, 0.6) is 5.75 Å². The first-order valence-corrected chi connectivity index (χ1v) is 7.76. The Bertz CT molecular complexity index is 772. The van der Waals surface area contributed by atoms with Gasteiger partial charge in [-0.1, -0.05) is 18.2 Å². The summed E-state index contributed by atoms with van der Waals surface area (Å²) in [5, 5.41) is 11.7. The lowest BCUT2D eigenvalue weighted by Crippen LogP contribution is -2.29. The molecule has 118 valence electrons. The van der Waals surface area contributed by atoms with E-state index in [0.717, 1.165) is 47.3 Å². The van der Waals surface area contributed by atoms with E-state index < -0.39 is 6.09 Å². The number of aryl methyl sites for hydroxylation is 1. The monoisotopic (exact) mass is 311 g/mol. The summed E-state index contributed by atoms with van der Waals surface area (Å²) in [6, 6.07) is 12.2. The van der Waals surface area contributed by atoms with E-state index in [1.165, 1.54) is 5.56 Å². The van der Waals surface area contributed by atoms with Crippen molar-refractivity contribution in [2.24, 2.45) is 0 Å². The fraction of sp³-hybridized carbons (Fsp3) is 0.278. The molecule has 1 heterocycles. The van der Waals surface area contributed by atoms with Crippen molar-refractivity contribution in [1.29, 1.82) is 0 Å². The second-order valence-corrected chi connectivity index (χ2v) is 5.98. The maximum atomic E-state index is 11.0. The Morgan fingerprint density at radius 3 is 2.83 bits per heavy atom. The quantitative estimate of drug-likeness (QED) is 0.827. The SMILES string of the molecule is O=C(O)NC1CCCc2ccc(-c3ccc4c(c3)COO4)cc21. The third-order valence-electron chi connectivity index (χ3n) is 4.51. The highest BCUT2D eigenvalue weighted by molar-refractivity contribution is 5.69. The van der Waals surface area contributed by atoms with Crippen LogP contribution in [0.15, 0.2) is 36.4 Å². The lowest BCUT2D eigenvalue weighted by atomic mass is 9.85. The molecule has 2 aromatic carbocycles. The zero-order valence-electron chi connectivity index (χ0n) is 12.5. The second-order valence-electron chi connectivity index (χ2n) is 5.98. The summed E-state index contributed by atoms with van der Waals surface area (Å²) in [5.41, 5.74) is 5.51. The average Bonchev–Trinajstić information content (AvgIpc) is 3.02. The van der Waals surface area contributed by atoms with Crippen LogP contribution in [-0.4, -0.2) is 11.2 Å². The van der Waals surface area contributed by atoms with Crippen LogP contribution >= 0.6 is 0 Å². The van der Waals surface area contributed by atoms with Crippen LogP contribution in [0.3, 0.4) is 0 Å². The summed E-state index contributed by atoms with van der Waals surface area (Å²) >= 11 is 0. The van der Waals surface area contributed by atoms with Gasteiger partial charge in [-0.15, -0.1) is 0 Å². The Hall–Kier alpha value is -2.53. The van der Waals surface area contributed by atoms with Gasteiger partial charge in [-0.25, -0.2) is 4.79 Å². The summed E-state index contributed by atoms with van der Waals surface area (Å²) in [4.78, 5) is 21.1. The Morgan fingerprint density at radius 1 is 1.13 bits per heavy atom. The predicted molar refractivity (Wildman–Crippen MR) is 84.1 cm³/mol. The van der Waals surface area contributed by atoms with Crippen LogP contribution < -0.4 is 10.2 Å². The molecule has 2 N–H and O–H groups in total. The van der Waals surface area contributed by atoms with E-state index >= 15 is 0 Å². The molecule has 0 bridgehead atoms. The zero-order chi connectivity index (χ0) is 15.8. The van der Waals surface area contributed by atoms with Crippen LogP contribution in [-0.2, 0) is 17.9 Å². The van der Waals surface area contributed by atoms with Gasteiger partial charge >= 0.3 is 6.09 Å². The minimum Gasteiger partial charge on any atom is -0.465 e. The molecule has 23 heavy (non-hydrogen) atoms. The Balaban J connectivity index is 1.72. The highest BCUT2D eigenvalue weighted by Crippen LogP contribution is 2.35. The van der Waals surface area contributed by atoms with Crippen molar-refractivity contribution in [3.8, 4) is 16.9 Å². The molecule has 0 spiro atoms. The summed E-state index contributed by atoms with van der Waals surface area (Å²) < 4.78 is 0. The first-order valence-electron chi connectivity index (χ1n) is 7.76. The van der Waals surface area contributed by atoms with Gasteiger partial charge < -0.3 is 15.3 Å². The van der Waals surface area contributed by atoms with E-state index in [1.807, 2.05) is 12.1 Å². The number of hydrogen-bond acceptors (Lipinski definition) is 3. The Morgan fingerprint density at radius 2 is 1.96 bits per heavy atom. The largest absolute Gasteiger partial charge is 0.465 e. The molecule has 0 saturated carbocycles. The van der Waals surface area contributed by atoms with E-state index in [4.69, 9.17) is 14.9 Å². The number of hydrogen-bond donors (Lipinski definition) is 2. The summed E-state index contributed by atoms with van der Waals surface area (Å²) in [7, 11) is 0. The molecule has 0 radical (unpaired) electrons. The highest BCUT2D eigenvalue weighted by atomic mass is 17.2. The minimum atomic E-state index is -0.972. The van der Waals surface area contributed by atoms with Crippen LogP contribution in [0.4, 0.5) is 4.79 Å². The third kappa shape index (κ3) is 2.64. The molecular formula is C18H17NO4. The van der Waals surface area contributed by atoms with Crippen molar-refractivity contribution in [2.45, 2.75) is 31.9 Å². The van der Waals surface area contributed by atoms with Crippen LogP contribution in [0, 0.1) is 0 Å². The van der Waals surface area contributed by atoms with Crippen molar-refractivity contribution in [3.63, 3.8) is 0 Å². The second kappa shape index (κ2) is 5.59. The minimum absolute atomic E-state index is 0.128. The fourth-order valence-electron chi connectivity index (χ4n) is 3.39. The standard InChI is InChI=1S/C18H17NO4/c20-18(21)19-16-3-1-2-11-4-5-13(9-15(11)16)12-6-7-17-14(8-12)10-22-23-17/h4-9,16,19H,1-3,10H2,(H,20,21). The smallest absolute Gasteiger partial charge is 0.405 e. The highest BCUT2D eigenvalue weighted by Gasteiger charge is 2.22. The number of fused-ring (bicyclic) bond motifs is 2. The lowest BCUT2D eigenvalue weighted by Gasteiger charge is -2.26. The van der Waals surface area contributed by atoms with Gasteiger partial charge in [0.25, 0.3) is 0 Å². The summed E-state index contributed by atoms with van der Waals surface area (Å²) in [6.07, 6.45) is 1.87. The van der Waals surface area contributed by atoms with Gasteiger partial charge in [0.2, 0.25) is 0 Å². The van der Waals surface area contributed by atoms with E-state index in [1.54, 1.807) is 0 Å². The van der Waals surface area contributed by atoms with Gasteiger partial charge in [0.05, 0.1) is 6.04 Å². The predicted octanol–water partition coefficient (Wildman–Crippen LogP) is 3.82. The van der Waals surface area contributed by atoms with Crippen molar-refractivity contribution in [1.82, 2.24) is 5.32 Å². The molecule has 4 rings (SSSR count). The summed E-state index contributed by atoms with van der Waals surface area (Å²) in [5.74, 6) is 0.761. The van der Waals surface area contributed by atoms with Crippen molar-refractivity contribution in [2.75, 3.05) is 0 Å². The molecule has 5 heteroatoms. The summed E-state index contributed by atoms with van der Waals surface area (Å²) in [6.45, 7) is 0.456. The molecule has 0 saturated heterocycles. The first kappa shape index (κ1) is 14.1. The molecule has 0 aromatic heterocycles. The normalized spacial score (nSPS) is 18.7. The molecule has 1 aliphatic carbocycles. The number of carboxylic acid groups (broad SMARTS) is 1. The molecule has 1 unspecified atom stereocenters.